The third kappa shape index (κ3) is 3.54. The van der Waals surface area contributed by atoms with Crippen molar-refractivity contribution < 1.29 is 0 Å². The summed E-state index contributed by atoms with van der Waals surface area (Å²) in [6.07, 6.45) is 1.91. The third-order valence-corrected chi connectivity index (χ3v) is 5.46. The van der Waals surface area contributed by atoms with Gasteiger partial charge in [0.25, 0.3) is 0 Å². The van der Waals surface area contributed by atoms with Crippen molar-refractivity contribution in [2.45, 2.75) is 26.2 Å². The fourth-order valence-corrected chi connectivity index (χ4v) is 3.55. The second-order valence-electron chi connectivity index (χ2n) is 8.34. The van der Waals surface area contributed by atoms with Crippen LogP contribution in [0.4, 0.5) is 5.82 Å². The molecule has 3 heterocycles. The summed E-state index contributed by atoms with van der Waals surface area (Å²) < 4.78 is 1.99. The van der Waals surface area contributed by atoms with E-state index in [4.69, 9.17) is 21.7 Å². The van der Waals surface area contributed by atoms with Crippen molar-refractivity contribution >= 4 is 23.1 Å². The molecule has 1 fully saturated rings. The first-order valence-corrected chi connectivity index (χ1v) is 9.79. The molecule has 6 heteroatoms. The lowest BCUT2D eigenvalue weighted by molar-refractivity contribution is 0.311. The molecule has 0 atom stereocenters. The highest BCUT2D eigenvalue weighted by molar-refractivity contribution is 6.30. The predicted octanol–water partition coefficient (Wildman–Crippen LogP) is 4.10. The Hall–Kier alpha value is -2.11. The van der Waals surface area contributed by atoms with Crippen LogP contribution >= 0.6 is 11.6 Å². The molecule has 0 unspecified atom stereocenters. The molecule has 4 rings (SSSR count). The summed E-state index contributed by atoms with van der Waals surface area (Å²) in [5, 5.41) is 5.43. The fourth-order valence-electron chi connectivity index (χ4n) is 3.43. The van der Waals surface area contributed by atoms with Crippen molar-refractivity contribution in [3.05, 3.63) is 47.2 Å². The summed E-state index contributed by atoms with van der Waals surface area (Å²) in [6, 6.07) is 10.1. The Morgan fingerprint density at radius 2 is 1.67 bits per heavy atom. The van der Waals surface area contributed by atoms with E-state index in [9.17, 15) is 0 Å². The summed E-state index contributed by atoms with van der Waals surface area (Å²) in [4.78, 5) is 9.79. The van der Waals surface area contributed by atoms with Crippen LogP contribution in [0.3, 0.4) is 0 Å². The second-order valence-corrected chi connectivity index (χ2v) is 8.78. The van der Waals surface area contributed by atoms with E-state index >= 15 is 0 Å². The Kier molecular flexibility index (Phi) is 4.60. The molecule has 142 valence electrons. The first-order chi connectivity index (χ1) is 12.8. The third-order valence-electron chi connectivity index (χ3n) is 5.20. The van der Waals surface area contributed by atoms with Crippen molar-refractivity contribution in [1.82, 2.24) is 19.5 Å². The molecule has 0 saturated carbocycles. The van der Waals surface area contributed by atoms with Gasteiger partial charge in [0, 0.05) is 48.2 Å². The van der Waals surface area contributed by atoms with Gasteiger partial charge in [-0.25, -0.2) is 4.98 Å². The van der Waals surface area contributed by atoms with Gasteiger partial charge < -0.3 is 9.80 Å². The van der Waals surface area contributed by atoms with Gasteiger partial charge in [0.1, 0.15) is 5.82 Å². The van der Waals surface area contributed by atoms with E-state index in [1.54, 1.807) is 0 Å². The topological polar surface area (TPSA) is 36.7 Å². The molecule has 2 aromatic heterocycles. The van der Waals surface area contributed by atoms with Crippen molar-refractivity contribution in [3.8, 4) is 11.1 Å². The lowest BCUT2D eigenvalue weighted by Crippen LogP contribution is -2.45. The van der Waals surface area contributed by atoms with E-state index in [1.165, 1.54) is 0 Å². The molecule has 0 radical (unpaired) electrons. The molecular weight excluding hydrogens is 358 g/mol. The molecule has 27 heavy (non-hydrogen) atoms. The van der Waals surface area contributed by atoms with E-state index in [0.29, 0.717) is 0 Å². The van der Waals surface area contributed by atoms with Crippen LogP contribution < -0.4 is 4.90 Å². The van der Waals surface area contributed by atoms with Crippen LogP contribution in [0.25, 0.3) is 16.8 Å². The summed E-state index contributed by atoms with van der Waals surface area (Å²) in [7, 11) is 2.17. The molecular formula is C21H26ClN5. The zero-order valence-corrected chi connectivity index (χ0v) is 17.2. The fraction of sp³-hybridized carbons (Fsp3) is 0.429. The molecule has 1 aliphatic rings. The van der Waals surface area contributed by atoms with Crippen LogP contribution in [0.5, 0.6) is 0 Å². The van der Waals surface area contributed by atoms with Crippen LogP contribution in [0.15, 0.2) is 36.5 Å². The molecule has 0 amide bonds. The summed E-state index contributed by atoms with van der Waals surface area (Å²) in [6.45, 7) is 10.7. The average Bonchev–Trinajstić information content (AvgIpc) is 3.06. The lowest BCUT2D eigenvalue weighted by Gasteiger charge is -2.34. The van der Waals surface area contributed by atoms with Crippen molar-refractivity contribution in [2.24, 2.45) is 0 Å². The Morgan fingerprint density at radius 1 is 1.00 bits per heavy atom. The number of likely N-dealkylation sites (N-methyl/N-ethyl adjacent to an activating group) is 1. The lowest BCUT2D eigenvalue weighted by atomic mass is 9.91. The molecule has 1 aliphatic heterocycles. The molecule has 0 bridgehead atoms. The Morgan fingerprint density at radius 3 is 2.30 bits per heavy atom. The first-order valence-electron chi connectivity index (χ1n) is 9.41. The molecule has 0 N–H and O–H groups in total. The number of piperazine rings is 1. The van der Waals surface area contributed by atoms with Gasteiger partial charge in [-0.2, -0.15) is 9.61 Å². The number of anilines is 1. The van der Waals surface area contributed by atoms with Crippen LogP contribution in [0, 0.1) is 0 Å². The number of fused-ring (bicyclic) bond motifs is 1. The minimum atomic E-state index is -0.0371. The van der Waals surface area contributed by atoms with Gasteiger partial charge in [-0.3, -0.25) is 0 Å². The number of nitrogens with zero attached hydrogens (tertiary/aromatic N) is 5. The first kappa shape index (κ1) is 18.3. The Labute approximate surface area is 165 Å². The van der Waals surface area contributed by atoms with Crippen LogP contribution in [-0.4, -0.2) is 52.7 Å². The van der Waals surface area contributed by atoms with Gasteiger partial charge in [0.05, 0.1) is 11.9 Å². The number of aromatic nitrogens is 3. The van der Waals surface area contributed by atoms with Gasteiger partial charge in [-0.15, -0.1) is 0 Å². The summed E-state index contributed by atoms with van der Waals surface area (Å²) in [5.74, 6) is 1.12. The van der Waals surface area contributed by atoms with Crippen LogP contribution in [-0.2, 0) is 5.41 Å². The highest BCUT2D eigenvalue weighted by Gasteiger charge is 2.24. The molecule has 0 aliphatic carbocycles. The molecule has 3 aromatic rings. The normalized spacial score (nSPS) is 16.3. The van der Waals surface area contributed by atoms with E-state index in [0.717, 1.165) is 59.5 Å². The number of hydrogen-bond donors (Lipinski definition) is 0. The van der Waals surface area contributed by atoms with Crippen LogP contribution in [0.2, 0.25) is 5.02 Å². The highest BCUT2D eigenvalue weighted by atomic mass is 35.5. The summed E-state index contributed by atoms with van der Waals surface area (Å²) >= 11 is 6.07. The number of halogens is 1. The van der Waals surface area contributed by atoms with Gasteiger partial charge in [0.15, 0.2) is 5.65 Å². The maximum atomic E-state index is 6.07. The summed E-state index contributed by atoms with van der Waals surface area (Å²) in [5.41, 5.74) is 4.06. The van der Waals surface area contributed by atoms with Crippen LogP contribution in [0.1, 0.15) is 26.5 Å². The maximum absolute atomic E-state index is 6.07. The molecule has 5 nitrogen and oxygen atoms in total. The zero-order chi connectivity index (χ0) is 19.2. The maximum Gasteiger partial charge on any atom is 0.165 e. The monoisotopic (exact) mass is 383 g/mol. The van der Waals surface area contributed by atoms with Crippen molar-refractivity contribution in [1.29, 1.82) is 0 Å². The smallest absolute Gasteiger partial charge is 0.165 e. The van der Waals surface area contributed by atoms with E-state index in [-0.39, 0.29) is 5.41 Å². The SMILES string of the molecule is CN1CCN(c2cc(C(C)(C)C)nc3c(-c4ccc(Cl)cc4)cnn23)CC1. The van der Waals surface area contributed by atoms with Crippen molar-refractivity contribution in [3.63, 3.8) is 0 Å². The standard InChI is InChI=1S/C21H26ClN5/c1-21(2,3)18-13-19(26-11-9-25(4)10-12-26)27-20(24-18)17(14-23-27)15-5-7-16(22)8-6-15/h5-8,13-14H,9-12H2,1-4H3. The zero-order valence-electron chi connectivity index (χ0n) is 16.4. The second kappa shape index (κ2) is 6.80. The number of hydrogen-bond acceptors (Lipinski definition) is 4. The van der Waals surface area contributed by atoms with Gasteiger partial charge in [0.2, 0.25) is 0 Å². The molecule has 1 saturated heterocycles. The molecule has 0 spiro atoms. The minimum Gasteiger partial charge on any atom is -0.354 e. The van der Waals surface area contributed by atoms with Crippen molar-refractivity contribution in [2.75, 3.05) is 38.1 Å². The number of benzene rings is 1. The Bertz CT molecular complexity index is 947. The largest absolute Gasteiger partial charge is 0.354 e. The van der Waals surface area contributed by atoms with Gasteiger partial charge in [-0.1, -0.05) is 44.5 Å². The molecule has 1 aromatic carbocycles. The van der Waals surface area contributed by atoms with Gasteiger partial charge >= 0.3 is 0 Å². The minimum absolute atomic E-state index is 0.0371. The predicted molar refractivity (Wildman–Crippen MR) is 112 cm³/mol. The van der Waals surface area contributed by atoms with E-state index < -0.39 is 0 Å². The quantitative estimate of drug-likeness (QED) is 0.667. The van der Waals surface area contributed by atoms with Gasteiger partial charge in [-0.05, 0) is 24.7 Å². The number of rotatable bonds is 2. The highest BCUT2D eigenvalue weighted by Crippen LogP contribution is 2.31. The Balaban J connectivity index is 1.88. The van der Waals surface area contributed by atoms with E-state index in [2.05, 4.69) is 43.7 Å². The van der Waals surface area contributed by atoms with E-state index in [1.807, 2.05) is 35.0 Å². The average molecular weight is 384 g/mol.